The third kappa shape index (κ3) is 4.82. The SMILES string of the molecule is CC1(C)OB(c2ccc(C(=O)C3CC4COCC(C3)N4C(=O)OCc3ccccc3)cc2)OC1(C)C. The number of ether oxygens (including phenoxy) is 2. The van der Waals surface area contributed by atoms with Crippen LogP contribution in [0, 0.1) is 5.92 Å². The number of carbonyl (C=O) groups excluding carboxylic acids is 2. The largest absolute Gasteiger partial charge is 0.494 e. The predicted octanol–water partition coefficient (Wildman–Crippen LogP) is 3.98. The highest BCUT2D eigenvalue weighted by Crippen LogP contribution is 2.37. The number of Topliss-reactive ketones (excluding diaryl/α,β-unsaturated/α-hetero) is 1. The Hall–Kier alpha value is -2.68. The molecular weight excluding hydrogens is 457 g/mol. The fourth-order valence-corrected chi connectivity index (χ4v) is 5.24. The standard InChI is InChI=1S/C28H34BNO6/c1-27(2)28(3,4)36-29(35-27)22-12-10-20(11-13-22)25(31)21-14-23-17-33-18-24(15-21)30(23)26(32)34-16-19-8-6-5-7-9-19/h5-13,21,23-24H,14-18H2,1-4H3. The minimum absolute atomic E-state index is 0.102. The quantitative estimate of drug-likeness (QED) is 0.466. The second-order valence-electron chi connectivity index (χ2n) is 11.0. The Bertz CT molecular complexity index is 1070. The average molecular weight is 491 g/mol. The number of fused-ring (bicyclic) bond motifs is 2. The topological polar surface area (TPSA) is 74.3 Å². The molecule has 190 valence electrons. The molecule has 3 fully saturated rings. The maximum Gasteiger partial charge on any atom is 0.494 e. The summed E-state index contributed by atoms with van der Waals surface area (Å²) in [5.74, 6) is -0.0607. The number of benzene rings is 2. The zero-order valence-corrected chi connectivity index (χ0v) is 21.4. The van der Waals surface area contributed by atoms with Crippen molar-refractivity contribution in [1.29, 1.82) is 0 Å². The van der Waals surface area contributed by atoms with Crippen molar-refractivity contribution >= 4 is 24.5 Å². The van der Waals surface area contributed by atoms with E-state index in [9.17, 15) is 9.59 Å². The van der Waals surface area contributed by atoms with Gasteiger partial charge in [-0.1, -0.05) is 54.6 Å². The molecule has 3 aliphatic rings. The number of morpholine rings is 1. The van der Waals surface area contributed by atoms with Crippen LogP contribution in [-0.2, 0) is 25.4 Å². The number of hydrogen-bond acceptors (Lipinski definition) is 6. The monoisotopic (exact) mass is 491 g/mol. The fourth-order valence-electron chi connectivity index (χ4n) is 5.24. The highest BCUT2D eigenvalue weighted by Gasteiger charge is 2.51. The Balaban J connectivity index is 1.22. The van der Waals surface area contributed by atoms with Gasteiger partial charge in [0, 0.05) is 11.5 Å². The number of ketones is 1. The lowest BCUT2D eigenvalue weighted by Gasteiger charge is -2.47. The normalized spacial score (nSPS) is 26.5. The van der Waals surface area contributed by atoms with Gasteiger partial charge in [-0.15, -0.1) is 0 Å². The predicted molar refractivity (Wildman–Crippen MR) is 136 cm³/mol. The molecule has 0 spiro atoms. The molecule has 2 atom stereocenters. The molecule has 5 rings (SSSR count). The van der Waals surface area contributed by atoms with Gasteiger partial charge in [0.1, 0.15) is 6.61 Å². The molecular formula is C28H34BNO6. The molecule has 3 aliphatic heterocycles. The van der Waals surface area contributed by atoms with Gasteiger partial charge in [0.05, 0.1) is 36.5 Å². The summed E-state index contributed by atoms with van der Waals surface area (Å²) in [6.07, 6.45) is 0.790. The maximum absolute atomic E-state index is 13.4. The van der Waals surface area contributed by atoms with Gasteiger partial charge in [-0.3, -0.25) is 9.69 Å². The van der Waals surface area contributed by atoms with Crippen molar-refractivity contribution in [2.24, 2.45) is 5.92 Å². The lowest BCUT2D eigenvalue weighted by atomic mass is 9.77. The van der Waals surface area contributed by atoms with E-state index in [0.29, 0.717) is 31.6 Å². The Labute approximate surface area is 213 Å². The summed E-state index contributed by atoms with van der Waals surface area (Å²) < 4.78 is 23.6. The Morgan fingerprint density at radius 3 is 2.08 bits per heavy atom. The van der Waals surface area contributed by atoms with E-state index in [1.165, 1.54) is 0 Å². The van der Waals surface area contributed by atoms with Gasteiger partial charge in [-0.25, -0.2) is 4.79 Å². The second-order valence-corrected chi connectivity index (χ2v) is 11.0. The molecule has 8 heteroatoms. The van der Waals surface area contributed by atoms with E-state index in [0.717, 1.165) is 11.0 Å². The molecule has 3 saturated heterocycles. The molecule has 1 amide bonds. The smallest absolute Gasteiger partial charge is 0.445 e. The van der Waals surface area contributed by atoms with Crippen LogP contribution in [0.15, 0.2) is 54.6 Å². The van der Waals surface area contributed by atoms with E-state index in [4.69, 9.17) is 18.8 Å². The van der Waals surface area contributed by atoms with Crippen LogP contribution >= 0.6 is 0 Å². The molecule has 2 bridgehead atoms. The first kappa shape index (κ1) is 25.0. The van der Waals surface area contributed by atoms with Crippen LogP contribution in [-0.4, -0.2) is 60.4 Å². The van der Waals surface area contributed by atoms with Gasteiger partial charge in [0.15, 0.2) is 5.78 Å². The second kappa shape index (κ2) is 9.65. The summed E-state index contributed by atoms with van der Waals surface area (Å²) in [5, 5.41) is 0. The van der Waals surface area contributed by atoms with Crippen molar-refractivity contribution in [3.05, 3.63) is 65.7 Å². The van der Waals surface area contributed by atoms with Crippen LogP contribution in [0.25, 0.3) is 0 Å². The van der Waals surface area contributed by atoms with Crippen molar-refractivity contribution in [2.45, 2.75) is 70.4 Å². The van der Waals surface area contributed by atoms with E-state index in [1.54, 1.807) is 4.90 Å². The van der Waals surface area contributed by atoms with Gasteiger partial charge in [-0.2, -0.15) is 0 Å². The van der Waals surface area contributed by atoms with Crippen molar-refractivity contribution < 1.29 is 28.4 Å². The summed E-state index contributed by atoms with van der Waals surface area (Å²) in [6.45, 7) is 9.16. The molecule has 0 aliphatic carbocycles. The van der Waals surface area contributed by atoms with Crippen molar-refractivity contribution in [2.75, 3.05) is 13.2 Å². The highest BCUT2D eigenvalue weighted by molar-refractivity contribution is 6.62. The van der Waals surface area contributed by atoms with Crippen LogP contribution in [0.2, 0.25) is 0 Å². The average Bonchev–Trinajstić information content (AvgIpc) is 3.08. The van der Waals surface area contributed by atoms with Crippen molar-refractivity contribution in [1.82, 2.24) is 4.90 Å². The molecule has 2 aromatic rings. The van der Waals surface area contributed by atoms with Crippen LogP contribution in [0.3, 0.4) is 0 Å². The molecule has 2 aromatic carbocycles. The summed E-state index contributed by atoms with van der Waals surface area (Å²) >= 11 is 0. The first-order chi connectivity index (χ1) is 17.1. The van der Waals surface area contributed by atoms with Crippen molar-refractivity contribution in [3.63, 3.8) is 0 Å². The first-order valence-corrected chi connectivity index (χ1v) is 12.7. The molecule has 0 aromatic heterocycles. The highest BCUT2D eigenvalue weighted by atomic mass is 16.7. The van der Waals surface area contributed by atoms with E-state index in [2.05, 4.69) is 0 Å². The fraction of sp³-hybridized carbons (Fsp3) is 0.500. The first-order valence-electron chi connectivity index (χ1n) is 12.7. The summed E-state index contributed by atoms with van der Waals surface area (Å²) in [5.41, 5.74) is 1.68. The van der Waals surface area contributed by atoms with E-state index >= 15 is 0 Å². The number of rotatable bonds is 5. The van der Waals surface area contributed by atoms with E-state index in [1.807, 2.05) is 82.3 Å². The Kier molecular flexibility index (Phi) is 6.70. The van der Waals surface area contributed by atoms with Crippen LogP contribution in [0.4, 0.5) is 4.79 Å². The van der Waals surface area contributed by atoms with Gasteiger partial charge >= 0.3 is 13.2 Å². The number of hydrogen-bond donors (Lipinski definition) is 0. The summed E-state index contributed by atoms with van der Waals surface area (Å²) in [6, 6.07) is 16.8. The third-order valence-corrected chi connectivity index (χ3v) is 8.03. The molecule has 7 nitrogen and oxygen atoms in total. The number of nitrogens with zero attached hydrogens (tertiary/aromatic N) is 1. The maximum atomic E-state index is 13.4. The van der Waals surface area contributed by atoms with Gasteiger partial charge in [-0.05, 0) is 51.6 Å². The Morgan fingerprint density at radius 2 is 1.50 bits per heavy atom. The molecule has 36 heavy (non-hydrogen) atoms. The third-order valence-electron chi connectivity index (χ3n) is 8.03. The molecule has 0 saturated carbocycles. The zero-order chi connectivity index (χ0) is 25.5. The van der Waals surface area contributed by atoms with E-state index in [-0.39, 0.29) is 36.5 Å². The molecule has 0 radical (unpaired) electrons. The summed E-state index contributed by atoms with van der Waals surface area (Å²) in [4.78, 5) is 28.1. The minimum atomic E-state index is -0.458. The van der Waals surface area contributed by atoms with E-state index < -0.39 is 18.3 Å². The molecule has 3 heterocycles. The minimum Gasteiger partial charge on any atom is -0.445 e. The summed E-state index contributed by atoms with van der Waals surface area (Å²) in [7, 11) is -0.458. The van der Waals surface area contributed by atoms with Gasteiger partial charge < -0.3 is 18.8 Å². The van der Waals surface area contributed by atoms with Gasteiger partial charge in [0.2, 0.25) is 0 Å². The molecule has 0 N–H and O–H groups in total. The molecule has 2 unspecified atom stereocenters. The van der Waals surface area contributed by atoms with Crippen LogP contribution in [0.5, 0.6) is 0 Å². The lowest BCUT2D eigenvalue weighted by Crippen LogP contribution is -2.59. The number of piperidine rings is 1. The van der Waals surface area contributed by atoms with Gasteiger partial charge in [0.25, 0.3) is 0 Å². The number of amides is 1. The lowest BCUT2D eigenvalue weighted by molar-refractivity contribution is -0.0755. The number of carbonyl (C=O) groups is 2. The Morgan fingerprint density at radius 1 is 0.917 bits per heavy atom. The van der Waals surface area contributed by atoms with Crippen molar-refractivity contribution in [3.8, 4) is 0 Å². The van der Waals surface area contributed by atoms with Crippen LogP contribution in [0.1, 0.15) is 56.5 Å². The van der Waals surface area contributed by atoms with Crippen LogP contribution < -0.4 is 5.46 Å². The zero-order valence-electron chi connectivity index (χ0n) is 21.4.